The van der Waals surface area contributed by atoms with Gasteiger partial charge in [-0.05, 0) is 96.2 Å². The zero-order valence-corrected chi connectivity index (χ0v) is 44.2. The van der Waals surface area contributed by atoms with E-state index in [0.29, 0.717) is 60.9 Å². The number of pyridine rings is 1. The Bertz CT molecular complexity index is 3910. The average molecular weight is 1120 g/mol. The minimum Gasteiger partial charge on any atom is -0.431 e. The van der Waals surface area contributed by atoms with Crippen LogP contribution >= 0.6 is 15.2 Å². The topological polar surface area (TPSA) is 306 Å². The summed E-state index contributed by atoms with van der Waals surface area (Å²) < 4.78 is 75.0. The summed E-state index contributed by atoms with van der Waals surface area (Å²) in [5.74, 6) is -1.62. The number of hydrogen-bond acceptors (Lipinski definition) is 24. The van der Waals surface area contributed by atoms with Crippen molar-refractivity contribution < 1.29 is 65.6 Å². The van der Waals surface area contributed by atoms with Crippen molar-refractivity contribution in [2.24, 2.45) is 0 Å². The number of esters is 1. The molecule has 31 heteroatoms. The number of aromatic nitrogens is 15. The molecule has 2 saturated heterocycles. The van der Waals surface area contributed by atoms with Gasteiger partial charge in [-0.2, -0.15) is 0 Å². The number of carbonyl (C=O) groups excluding carboxylic acids is 1. The number of imidazole rings is 1. The SMILES string of the molecule is CCOP(=O)(CP(=O)(OCC)OC[C@H]1O[C@@H](n2cnc3c(C)nccc32)C(On2nnc3ccccc32)[C@H]1On1nnc2ccccc21)OC[C@H]1OC(OC(C)=O)C(On2nnc3ccccc32)C1On1nnc2ccccc21. The van der Waals surface area contributed by atoms with Crippen molar-refractivity contribution in [3.8, 4) is 0 Å². The first-order valence-corrected chi connectivity index (χ1v) is 28.4. The predicted molar refractivity (Wildman–Crippen MR) is 273 cm³/mol. The molecule has 2 aliphatic rings. The molecule has 0 N–H and O–H groups in total. The summed E-state index contributed by atoms with van der Waals surface area (Å²) in [6, 6.07) is 30.2. The number of benzene rings is 4. The Hall–Kier alpha value is -8.01. The Balaban J connectivity index is 0.849. The van der Waals surface area contributed by atoms with Gasteiger partial charge in [-0.1, -0.05) is 67.9 Å². The van der Waals surface area contributed by atoms with Crippen LogP contribution in [0.2, 0.25) is 0 Å². The van der Waals surface area contributed by atoms with E-state index in [2.05, 4.69) is 51.2 Å². The summed E-state index contributed by atoms with van der Waals surface area (Å²) in [6.07, 6.45) is -6.55. The molecular formula is C48H49N15O14P2. The molecule has 0 amide bonds. The Labute approximate surface area is 446 Å². The maximum absolute atomic E-state index is 15.2. The molecule has 12 rings (SSSR count). The molecule has 10 aromatic rings. The number of fused-ring (bicyclic) bond motifs is 5. The fourth-order valence-electron chi connectivity index (χ4n) is 9.31. The quantitative estimate of drug-likeness (QED) is 0.0673. The second-order valence-corrected chi connectivity index (χ2v) is 22.6. The van der Waals surface area contributed by atoms with Gasteiger partial charge in [-0.15, -0.1) is 20.4 Å². The fourth-order valence-corrected chi connectivity index (χ4v) is 14.0. The average Bonchev–Trinajstić information content (AvgIpc) is 4.50. The highest BCUT2D eigenvalue weighted by atomic mass is 31.2. The van der Waals surface area contributed by atoms with Crippen molar-refractivity contribution in [3.63, 3.8) is 0 Å². The molecule has 6 unspecified atom stereocenters. The van der Waals surface area contributed by atoms with Crippen molar-refractivity contribution in [3.05, 3.63) is 121 Å². The Morgan fingerprint density at radius 3 is 1.44 bits per heavy atom. The number of hydrogen-bond donors (Lipinski definition) is 0. The van der Waals surface area contributed by atoms with Crippen molar-refractivity contribution >= 4 is 76.3 Å². The lowest BCUT2D eigenvalue weighted by Crippen LogP contribution is -2.49. The van der Waals surface area contributed by atoms with E-state index in [4.69, 9.17) is 51.7 Å². The number of nitrogens with zero attached hydrogens (tertiary/aromatic N) is 15. The van der Waals surface area contributed by atoms with Crippen LogP contribution in [0.3, 0.4) is 0 Å². The van der Waals surface area contributed by atoms with Gasteiger partial charge >= 0.3 is 21.2 Å². The van der Waals surface area contributed by atoms with Gasteiger partial charge < -0.3 is 51.7 Å². The highest BCUT2D eigenvalue weighted by Gasteiger charge is 2.55. The molecular weight excluding hydrogens is 1070 g/mol. The smallest absolute Gasteiger partial charge is 0.342 e. The summed E-state index contributed by atoms with van der Waals surface area (Å²) in [6.45, 7) is 4.77. The zero-order chi connectivity index (χ0) is 54.3. The first-order chi connectivity index (χ1) is 38.5. The third-order valence-electron chi connectivity index (χ3n) is 12.8. The summed E-state index contributed by atoms with van der Waals surface area (Å²) in [4.78, 5) is 52.7. The molecule has 10 atom stereocenters. The lowest BCUT2D eigenvalue weighted by atomic mass is 10.1. The Kier molecular flexibility index (Phi) is 14.2. The number of para-hydroxylation sites is 4. The van der Waals surface area contributed by atoms with E-state index in [9.17, 15) is 4.79 Å². The van der Waals surface area contributed by atoms with Crippen LogP contribution < -0.4 is 19.4 Å². The summed E-state index contributed by atoms with van der Waals surface area (Å²) in [5.41, 5.74) is 5.98. The van der Waals surface area contributed by atoms with Crippen LogP contribution in [0.5, 0.6) is 0 Å². The van der Waals surface area contributed by atoms with Gasteiger partial charge in [0.15, 0.2) is 18.2 Å². The third kappa shape index (κ3) is 10.3. The molecule has 2 aliphatic heterocycles. The first-order valence-electron chi connectivity index (χ1n) is 24.9. The second-order valence-electron chi connectivity index (χ2n) is 18.0. The van der Waals surface area contributed by atoms with Gasteiger partial charge in [0.1, 0.15) is 61.9 Å². The fraction of sp³-hybridized carbons (Fsp3) is 0.354. The molecule has 410 valence electrons. The van der Waals surface area contributed by atoms with Crippen LogP contribution in [0.1, 0.15) is 32.7 Å². The number of carbonyl (C=O) groups is 1. The van der Waals surface area contributed by atoms with Crippen LogP contribution in [-0.2, 0) is 46.2 Å². The van der Waals surface area contributed by atoms with Gasteiger partial charge in [0.25, 0.3) is 0 Å². The second kappa shape index (κ2) is 21.7. The molecule has 0 saturated carbocycles. The van der Waals surface area contributed by atoms with Crippen LogP contribution in [0.15, 0.2) is 116 Å². The van der Waals surface area contributed by atoms with Crippen molar-refractivity contribution in [2.75, 3.05) is 32.3 Å². The van der Waals surface area contributed by atoms with Crippen LogP contribution in [0.4, 0.5) is 0 Å². The zero-order valence-electron chi connectivity index (χ0n) is 42.4. The van der Waals surface area contributed by atoms with Gasteiger partial charge in [0.05, 0.1) is 44.0 Å². The van der Waals surface area contributed by atoms with E-state index in [1.165, 1.54) is 16.6 Å². The van der Waals surface area contributed by atoms with Crippen molar-refractivity contribution in [1.29, 1.82) is 0 Å². The van der Waals surface area contributed by atoms with Crippen LogP contribution in [0, 0.1) is 6.92 Å². The van der Waals surface area contributed by atoms with Gasteiger partial charge in [0.2, 0.25) is 24.6 Å². The lowest BCUT2D eigenvalue weighted by molar-refractivity contribution is -0.194. The van der Waals surface area contributed by atoms with E-state index in [1.807, 2.05) is 25.1 Å². The third-order valence-corrected chi connectivity index (χ3v) is 18.0. The Morgan fingerprint density at radius 1 is 0.544 bits per heavy atom. The summed E-state index contributed by atoms with van der Waals surface area (Å²) >= 11 is 0. The van der Waals surface area contributed by atoms with Crippen LogP contribution in [-0.4, -0.2) is 156 Å². The minimum atomic E-state index is -4.54. The largest absolute Gasteiger partial charge is 0.431 e. The van der Waals surface area contributed by atoms with E-state index >= 15 is 9.13 Å². The lowest BCUT2D eigenvalue weighted by Gasteiger charge is -2.27. The molecule has 8 heterocycles. The molecule has 0 spiro atoms. The van der Waals surface area contributed by atoms with Gasteiger partial charge in [-0.3, -0.25) is 23.5 Å². The molecule has 0 aliphatic carbocycles. The molecule has 0 radical (unpaired) electrons. The minimum absolute atomic E-state index is 0.157. The maximum atomic E-state index is 15.2. The van der Waals surface area contributed by atoms with Gasteiger partial charge in [0, 0.05) is 13.1 Å². The highest BCUT2D eigenvalue weighted by Crippen LogP contribution is 2.64. The van der Waals surface area contributed by atoms with E-state index in [-0.39, 0.29) is 13.2 Å². The number of ether oxygens (including phenoxy) is 3. The van der Waals surface area contributed by atoms with Gasteiger partial charge in [-0.25, -0.2) is 4.98 Å². The maximum Gasteiger partial charge on any atom is 0.342 e. The van der Waals surface area contributed by atoms with Crippen molar-refractivity contribution in [1.82, 2.24) is 75.2 Å². The van der Waals surface area contributed by atoms with E-state index < -0.39 is 89.4 Å². The molecule has 0 bridgehead atoms. The molecule has 79 heavy (non-hydrogen) atoms. The predicted octanol–water partition coefficient (Wildman–Crippen LogP) is 4.34. The highest BCUT2D eigenvalue weighted by molar-refractivity contribution is 7.71. The molecule has 29 nitrogen and oxygen atoms in total. The molecule has 2 fully saturated rings. The molecule has 6 aromatic heterocycles. The normalized spacial score (nSPS) is 22.9. The van der Waals surface area contributed by atoms with Crippen molar-refractivity contribution in [2.45, 2.75) is 76.8 Å². The molecule has 4 aromatic carbocycles. The summed E-state index contributed by atoms with van der Waals surface area (Å²) in [7, 11) is -9.08. The van der Waals surface area contributed by atoms with E-state index in [0.717, 1.165) is 9.69 Å². The van der Waals surface area contributed by atoms with E-state index in [1.54, 1.807) is 116 Å². The monoisotopic (exact) mass is 1120 g/mol. The van der Waals surface area contributed by atoms with Crippen LogP contribution in [0.25, 0.3) is 55.2 Å². The summed E-state index contributed by atoms with van der Waals surface area (Å²) in [5, 5.41) is 33.9. The number of rotatable bonds is 22. The number of aryl methyl sites for hydroxylation is 1. The Morgan fingerprint density at radius 2 is 0.975 bits per heavy atom. The first kappa shape index (κ1) is 51.7. The standard InChI is InChI=1S/C48H49N15O14P2/c1-5-67-78(65,28-79(66,68-6-2)70-26-41-44(75-61-36-20-12-8-16-32(36)52-56-61)46(48(73-41)71-30(4)64)77-63-38-22-14-10-18-34(38)54-58-63)69-25-40-43(74-60-35-19-11-7-15-31(35)51-55-60)45(76-62-37-21-13-9-17-33(37)53-57-62)47(72-40)59-27-50-42-29(3)49-24-23-39(42)59/h7-24,27,40-41,43-48H,5-6,25-26,28H2,1-4H3/t40-,41-,43+,44?,45?,46?,47-,48?,78?,79?/m1/s1.